The Morgan fingerprint density at radius 3 is 2.31 bits per heavy atom. The largest absolute Gasteiger partial charge is 0.325 e. The summed E-state index contributed by atoms with van der Waals surface area (Å²) in [5, 5.41) is 2.96. The molecule has 2 N–H and O–H groups in total. The van der Waals surface area contributed by atoms with Crippen LogP contribution in [0.5, 0.6) is 0 Å². The molecule has 1 atom stereocenters. The SMILES string of the molecule is CCS(=O)(=O)N[C@@H](CCN1CCC2(CC1)NC(=O)N(Cc1ccc(Br)cc1)C2=O)c1ccccc1.Cl. The first kappa shape index (κ1) is 28.6. The van der Waals surface area contributed by atoms with Crippen LogP contribution in [-0.4, -0.2) is 61.1 Å². The van der Waals surface area contributed by atoms with Crippen LogP contribution >= 0.6 is 28.3 Å². The lowest BCUT2D eigenvalue weighted by molar-refractivity contribution is -0.133. The fourth-order valence-electron chi connectivity index (χ4n) is 4.68. The number of nitrogens with zero attached hydrogens (tertiary/aromatic N) is 2. The summed E-state index contributed by atoms with van der Waals surface area (Å²) in [4.78, 5) is 29.4. The number of hydrogen-bond acceptors (Lipinski definition) is 5. The molecule has 3 amide bonds. The molecule has 0 aromatic heterocycles. The van der Waals surface area contributed by atoms with Crippen molar-refractivity contribution in [2.45, 2.75) is 44.3 Å². The minimum atomic E-state index is -3.35. The minimum Gasteiger partial charge on any atom is -0.323 e. The molecule has 2 fully saturated rings. The standard InChI is InChI=1S/C25H31BrN4O4S.ClH/c1-2-35(33,34)28-22(20-6-4-3-5-7-20)12-15-29-16-13-25(14-17-29)23(31)30(24(32)27-25)18-19-8-10-21(26)11-9-19;/h3-11,22,28H,2,12-18H2,1H3,(H,27,32);1H/t22-;/m0./s1. The van der Waals surface area contributed by atoms with Gasteiger partial charge in [-0.2, -0.15) is 0 Å². The number of benzene rings is 2. The van der Waals surface area contributed by atoms with Crippen LogP contribution in [0.4, 0.5) is 4.79 Å². The van der Waals surface area contributed by atoms with Gasteiger partial charge >= 0.3 is 6.03 Å². The predicted octanol–water partition coefficient (Wildman–Crippen LogP) is 3.83. The molecule has 0 saturated carbocycles. The molecule has 2 saturated heterocycles. The first-order valence-electron chi connectivity index (χ1n) is 11.9. The van der Waals surface area contributed by atoms with E-state index in [9.17, 15) is 18.0 Å². The lowest BCUT2D eigenvalue weighted by Crippen LogP contribution is -2.55. The highest BCUT2D eigenvalue weighted by Gasteiger charge is 2.52. The van der Waals surface area contributed by atoms with Crippen molar-refractivity contribution in [1.82, 2.24) is 19.8 Å². The van der Waals surface area contributed by atoms with Crippen molar-refractivity contribution >= 4 is 50.3 Å². The topological polar surface area (TPSA) is 98.8 Å². The number of imide groups is 1. The third-order valence-electron chi connectivity index (χ3n) is 6.85. The van der Waals surface area contributed by atoms with Gasteiger partial charge in [-0.25, -0.2) is 17.9 Å². The third kappa shape index (κ3) is 6.66. The molecule has 8 nitrogen and oxygen atoms in total. The Labute approximate surface area is 227 Å². The van der Waals surface area contributed by atoms with E-state index in [0.29, 0.717) is 38.9 Å². The Hall–Kier alpha value is -1.98. The Morgan fingerprint density at radius 1 is 1.06 bits per heavy atom. The van der Waals surface area contributed by atoms with Crippen LogP contribution in [0.2, 0.25) is 0 Å². The molecule has 2 aromatic rings. The fraction of sp³-hybridized carbons (Fsp3) is 0.440. The zero-order valence-electron chi connectivity index (χ0n) is 20.2. The van der Waals surface area contributed by atoms with Crippen LogP contribution in [0.25, 0.3) is 0 Å². The van der Waals surface area contributed by atoms with Crippen LogP contribution < -0.4 is 10.0 Å². The van der Waals surface area contributed by atoms with Crippen molar-refractivity contribution < 1.29 is 18.0 Å². The van der Waals surface area contributed by atoms with E-state index in [1.54, 1.807) is 6.92 Å². The number of hydrogen-bond donors (Lipinski definition) is 2. The van der Waals surface area contributed by atoms with Gasteiger partial charge in [0, 0.05) is 23.6 Å². The molecule has 2 aliphatic heterocycles. The monoisotopic (exact) mass is 598 g/mol. The summed E-state index contributed by atoms with van der Waals surface area (Å²) in [6, 6.07) is 16.5. The summed E-state index contributed by atoms with van der Waals surface area (Å²) >= 11 is 3.40. The Bertz CT molecular complexity index is 1160. The molecule has 1 spiro atoms. The number of urea groups is 1. The number of amides is 3. The number of piperidine rings is 1. The zero-order valence-corrected chi connectivity index (χ0v) is 23.4. The van der Waals surface area contributed by atoms with E-state index in [4.69, 9.17) is 0 Å². The van der Waals surface area contributed by atoms with Crippen LogP contribution in [0, 0.1) is 0 Å². The third-order valence-corrected chi connectivity index (χ3v) is 8.78. The van der Waals surface area contributed by atoms with Gasteiger partial charge in [0.2, 0.25) is 10.0 Å². The first-order chi connectivity index (χ1) is 16.7. The molecule has 0 radical (unpaired) electrons. The van der Waals surface area contributed by atoms with Crippen molar-refractivity contribution in [3.63, 3.8) is 0 Å². The summed E-state index contributed by atoms with van der Waals surface area (Å²) in [6.45, 7) is 3.87. The van der Waals surface area contributed by atoms with Gasteiger partial charge in [-0.15, -0.1) is 12.4 Å². The second-order valence-electron chi connectivity index (χ2n) is 9.14. The minimum absolute atomic E-state index is 0. The second kappa shape index (κ2) is 12.0. The lowest BCUT2D eigenvalue weighted by atomic mass is 9.87. The van der Waals surface area contributed by atoms with Gasteiger partial charge in [0.1, 0.15) is 5.54 Å². The maximum absolute atomic E-state index is 13.2. The summed E-state index contributed by atoms with van der Waals surface area (Å²) < 4.78 is 28.2. The summed E-state index contributed by atoms with van der Waals surface area (Å²) in [7, 11) is -3.35. The molecular weight excluding hydrogens is 568 g/mol. The number of likely N-dealkylation sites (tertiary alicyclic amines) is 1. The average molecular weight is 600 g/mol. The number of sulfonamides is 1. The van der Waals surface area contributed by atoms with Gasteiger partial charge in [0.05, 0.1) is 12.3 Å². The number of nitrogens with one attached hydrogen (secondary N) is 2. The zero-order chi connectivity index (χ0) is 25.1. The molecule has 2 heterocycles. The highest BCUT2D eigenvalue weighted by Crippen LogP contribution is 2.31. The number of rotatable bonds is 9. The van der Waals surface area contributed by atoms with Crippen LogP contribution in [-0.2, 0) is 21.4 Å². The van der Waals surface area contributed by atoms with Crippen molar-refractivity contribution in [1.29, 1.82) is 0 Å². The van der Waals surface area contributed by atoms with Crippen LogP contribution in [0.15, 0.2) is 59.1 Å². The molecule has 196 valence electrons. The molecule has 2 aromatic carbocycles. The molecular formula is C25H32BrClN4O4S. The molecule has 11 heteroatoms. The highest BCUT2D eigenvalue weighted by atomic mass is 79.9. The van der Waals surface area contributed by atoms with E-state index in [1.807, 2.05) is 54.6 Å². The summed E-state index contributed by atoms with van der Waals surface area (Å²) in [5.74, 6) is -0.135. The van der Waals surface area contributed by atoms with Crippen molar-refractivity contribution in [3.8, 4) is 0 Å². The molecule has 0 bridgehead atoms. The van der Waals surface area contributed by atoms with E-state index >= 15 is 0 Å². The Morgan fingerprint density at radius 2 is 1.69 bits per heavy atom. The Kier molecular flexibility index (Phi) is 9.56. The molecule has 0 aliphatic carbocycles. The first-order valence-corrected chi connectivity index (χ1v) is 14.3. The van der Waals surface area contributed by atoms with E-state index in [-0.39, 0.29) is 42.7 Å². The van der Waals surface area contributed by atoms with Gasteiger partial charge in [0.25, 0.3) is 5.91 Å². The number of carbonyl (C=O) groups excluding carboxylic acids is 2. The maximum atomic E-state index is 13.2. The quantitative estimate of drug-likeness (QED) is 0.427. The van der Waals surface area contributed by atoms with E-state index in [0.717, 1.165) is 15.6 Å². The van der Waals surface area contributed by atoms with Gasteiger partial charge in [-0.3, -0.25) is 9.69 Å². The summed E-state index contributed by atoms with van der Waals surface area (Å²) in [5.41, 5.74) is 0.971. The lowest BCUT2D eigenvalue weighted by Gasteiger charge is -2.37. The van der Waals surface area contributed by atoms with Crippen molar-refractivity contribution in [2.75, 3.05) is 25.4 Å². The van der Waals surface area contributed by atoms with Gasteiger partial charge in [-0.05, 0) is 56.0 Å². The van der Waals surface area contributed by atoms with E-state index in [1.165, 1.54) is 4.90 Å². The van der Waals surface area contributed by atoms with Crippen molar-refractivity contribution in [3.05, 3.63) is 70.2 Å². The summed E-state index contributed by atoms with van der Waals surface area (Å²) in [6.07, 6.45) is 1.68. The fourth-order valence-corrected chi connectivity index (χ4v) is 5.80. The number of carbonyl (C=O) groups is 2. The van der Waals surface area contributed by atoms with Gasteiger partial charge in [-0.1, -0.05) is 58.4 Å². The van der Waals surface area contributed by atoms with Crippen LogP contribution in [0.3, 0.4) is 0 Å². The highest BCUT2D eigenvalue weighted by molar-refractivity contribution is 9.10. The van der Waals surface area contributed by atoms with Gasteiger partial charge < -0.3 is 10.2 Å². The maximum Gasteiger partial charge on any atom is 0.325 e. The second-order valence-corrected chi connectivity index (χ2v) is 12.1. The van der Waals surface area contributed by atoms with E-state index in [2.05, 4.69) is 30.9 Å². The molecule has 2 aliphatic rings. The van der Waals surface area contributed by atoms with E-state index < -0.39 is 15.6 Å². The average Bonchev–Trinajstić information content (AvgIpc) is 3.08. The van der Waals surface area contributed by atoms with Gasteiger partial charge in [0.15, 0.2) is 0 Å². The predicted molar refractivity (Wildman–Crippen MR) is 145 cm³/mol. The Balaban J connectivity index is 0.00000361. The number of halogens is 2. The van der Waals surface area contributed by atoms with Crippen LogP contribution in [0.1, 0.15) is 43.4 Å². The molecule has 36 heavy (non-hydrogen) atoms. The molecule has 0 unspecified atom stereocenters. The van der Waals surface area contributed by atoms with Crippen molar-refractivity contribution in [2.24, 2.45) is 0 Å². The molecule has 4 rings (SSSR count). The normalized spacial score (nSPS) is 18.7. The smallest absolute Gasteiger partial charge is 0.323 e.